The molecule has 0 radical (unpaired) electrons. The van der Waals surface area contributed by atoms with E-state index in [1.165, 1.54) is 33.4 Å². The number of nitrogens with zero attached hydrogens (tertiary/aromatic N) is 6. The molecule has 64 heavy (non-hydrogen) atoms. The molecule has 0 aliphatic heterocycles. The van der Waals surface area contributed by atoms with E-state index < -0.39 is 0 Å². The van der Waals surface area contributed by atoms with Crippen LogP contribution in [-0.4, -0.2) is 29.9 Å². The molecule has 0 amide bonds. The first-order valence-corrected chi connectivity index (χ1v) is 21.7. The second-order valence-corrected chi connectivity index (χ2v) is 16.6. The van der Waals surface area contributed by atoms with Crippen molar-refractivity contribution in [3.05, 3.63) is 240 Å². The van der Waals surface area contributed by atoms with Crippen molar-refractivity contribution in [1.29, 1.82) is 0 Å². The van der Waals surface area contributed by atoms with Crippen LogP contribution in [0.2, 0.25) is 0 Å². The first-order valence-electron chi connectivity index (χ1n) is 21.7. The number of hydrogen-bond donors (Lipinski definition) is 0. The highest BCUT2D eigenvalue weighted by atomic mass is 15.0. The van der Waals surface area contributed by atoms with Gasteiger partial charge in [-0.05, 0) is 67.1 Å². The molecule has 6 heteroatoms. The monoisotopic (exact) mass is 816 g/mol. The van der Waals surface area contributed by atoms with Crippen LogP contribution in [0.4, 0.5) is 0 Å². The lowest BCUT2D eigenvalue weighted by Gasteiger charge is -2.42. The van der Waals surface area contributed by atoms with E-state index >= 15 is 0 Å². The third kappa shape index (κ3) is 5.87. The summed E-state index contributed by atoms with van der Waals surface area (Å²) < 4.78 is 0. The van der Waals surface area contributed by atoms with E-state index in [9.17, 15) is 0 Å². The molecule has 2 aromatic heterocycles. The van der Waals surface area contributed by atoms with Gasteiger partial charge in [-0.3, -0.25) is 0 Å². The van der Waals surface area contributed by atoms with E-state index in [2.05, 4.69) is 170 Å². The maximum Gasteiger partial charge on any atom is 0.164 e. The summed E-state index contributed by atoms with van der Waals surface area (Å²) in [5.74, 6) is 3.95. The highest BCUT2D eigenvalue weighted by Gasteiger charge is 2.41. The number of aromatic nitrogens is 6. The summed E-state index contributed by atoms with van der Waals surface area (Å²) in [4.78, 5) is 31.0. The normalized spacial score (nSPS) is 14.6. The molecule has 2 atom stereocenters. The summed E-state index contributed by atoms with van der Waals surface area (Å²) in [5, 5.41) is 4.50. The van der Waals surface area contributed by atoms with Crippen LogP contribution in [0.25, 0.3) is 89.9 Å². The molecule has 2 bridgehead atoms. The van der Waals surface area contributed by atoms with Gasteiger partial charge in [-0.1, -0.05) is 194 Å². The second kappa shape index (κ2) is 14.6. The van der Waals surface area contributed by atoms with Gasteiger partial charge in [0.05, 0.1) is 0 Å². The first-order chi connectivity index (χ1) is 31.7. The molecule has 11 aromatic rings. The molecule has 298 valence electrons. The zero-order valence-electron chi connectivity index (χ0n) is 34.5. The van der Waals surface area contributed by atoms with E-state index in [4.69, 9.17) is 29.9 Å². The van der Waals surface area contributed by atoms with Crippen molar-refractivity contribution in [2.24, 2.45) is 0 Å². The van der Waals surface area contributed by atoms with Crippen LogP contribution < -0.4 is 0 Å². The van der Waals surface area contributed by atoms with Gasteiger partial charge in [-0.15, -0.1) is 0 Å². The van der Waals surface area contributed by atoms with Crippen molar-refractivity contribution in [3.63, 3.8) is 0 Å². The predicted molar refractivity (Wildman–Crippen MR) is 256 cm³/mol. The van der Waals surface area contributed by atoms with Gasteiger partial charge in [-0.2, -0.15) is 0 Å². The number of fused-ring (bicyclic) bond motifs is 2. The molecule has 3 aliphatic carbocycles. The van der Waals surface area contributed by atoms with Crippen molar-refractivity contribution >= 4 is 21.5 Å². The third-order valence-electron chi connectivity index (χ3n) is 12.9. The van der Waals surface area contributed by atoms with E-state index in [1.807, 2.05) is 36.4 Å². The van der Waals surface area contributed by atoms with Crippen LogP contribution in [0.15, 0.2) is 206 Å². The molecule has 6 nitrogen and oxygen atoms in total. The van der Waals surface area contributed by atoms with Gasteiger partial charge in [0.2, 0.25) is 0 Å². The SMILES string of the molecule is c1ccc(-c2nc(-c3ccc4c(c3)C3c5ccccc5C4c4cc(-c5nc(-c6ccccc6)nc(-c6cccc7ccccc67)n5)ccc43)nc(-c3cccc4ccccc34)n2)cc1. The zero-order chi connectivity index (χ0) is 42.1. The van der Waals surface area contributed by atoms with Crippen LogP contribution in [-0.2, 0) is 0 Å². The zero-order valence-corrected chi connectivity index (χ0v) is 34.5. The van der Waals surface area contributed by atoms with E-state index in [-0.39, 0.29) is 11.8 Å². The molecule has 0 N–H and O–H groups in total. The van der Waals surface area contributed by atoms with Crippen molar-refractivity contribution in [1.82, 2.24) is 29.9 Å². The topological polar surface area (TPSA) is 77.3 Å². The van der Waals surface area contributed by atoms with Gasteiger partial charge < -0.3 is 0 Å². The van der Waals surface area contributed by atoms with Gasteiger partial charge in [0.1, 0.15) is 0 Å². The minimum atomic E-state index is 0.0256. The van der Waals surface area contributed by atoms with Crippen LogP contribution >= 0.6 is 0 Å². The molecule has 0 saturated heterocycles. The Kier molecular flexibility index (Phi) is 8.24. The van der Waals surface area contributed by atoms with Crippen LogP contribution in [0.5, 0.6) is 0 Å². The van der Waals surface area contributed by atoms with E-state index in [1.54, 1.807) is 0 Å². The summed E-state index contributed by atoms with van der Waals surface area (Å²) in [6.07, 6.45) is 0. The summed E-state index contributed by atoms with van der Waals surface area (Å²) in [5.41, 5.74) is 13.6. The van der Waals surface area contributed by atoms with Gasteiger partial charge in [0.25, 0.3) is 0 Å². The minimum absolute atomic E-state index is 0.0256. The number of hydrogen-bond acceptors (Lipinski definition) is 6. The average Bonchev–Trinajstić information content (AvgIpc) is 3.38. The number of rotatable bonds is 6. The molecule has 2 unspecified atom stereocenters. The first kappa shape index (κ1) is 36.2. The standard InChI is InChI=1S/C58H36N6/c1-3-17-37(18-4-1)53-59-55(63-57(61-53)47-27-13-21-35-15-7-9-23-41(35)47)39-29-31-45-49(33-39)51-43-25-11-12-26-44(43)52(45)50-34-40(30-32-46(50)51)56-60-54(38-19-5-2-6-20-38)62-58(64-56)48-28-14-22-36-16-8-10-24-42(36)48/h1-34,51-52H. The van der Waals surface area contributed by atoms with Crippen LogP contribution in [0.3, 0.4) is 0 Å². The van der Waals surface area contributed by atoms with Crippen molar-refractivity contribution in [2.75, 3.05) is 0 Å². The molecule has 0 spiro atoms. The molecule has 9 aromatic carbocycles. The summed E-state index contributed by atoms with van der Waals surface area (Å²) in [6.45, 7) is 0. The Hall–Kier alpha value is -8.48. The minimum Gasteiger partial charge on any atom is -0.208 e. The maximum atomic E-state index is 5.23. The highest BCUT2D eigenvalue weighted by Crippen LogP contribution is 2.56. The quantitative estimate of drug-likeness (QED) is 0.166. The molecule has 2 heterocycles. The van der Waals surface area contributed by atoms with Gasteiger partial charge in [-0.25, -0.2) is 29.9 Å². The van der Waals surface area contributed by atoms with Crippen molar-refractivity contribution in [2.45, 2.75) is 11.8 Å². The maximum absolute atomic E-state index is 5.23. The molecule has 3 aliphatic rings. The largest absolute Gasteiger partial charge is 0.208 e. The Morgan fingerprint density at radius 1 is 0.234 bits per heavy atom. The lowest BCUT2D eigenvalue weighted by Crippen LogP contribution is -2.27. The Bertz CT molecular complexity index is 3390. The second-order valence-electron chi connectivity index (χ2n) is 16.6. The summed E-state index contributed by atoms with van der Waals surface area (Å²) in [6, 6.07) is 72.4. The Balaban J connectivity index is 0.955. The van der Waals surface area contributed by atoms with Crippen molar-refractivity contribution in [3.8, 4) is 68.3 Å². The fourth-order valence-corrected chi connectivity index (χ4v) is 10.0. The summed E-state index contributed by atoms with van der Waals surface area (Å²) >= 11 is 0. The smallest absolute Gasteiger partial charge is 0.164 e. The Labute approximate surface area is 369 Å². The fourth-order valence-electron chi connectivity index (χ4n) is 10.0. The molecule has 0 saturated carbocycles. The predicted octanol–water partition coefficient (Wildman–Crippen LogP) is 13.4. The lowest BCUT2D eigenvalue weighted by molar-refractivity contribution is 0.754. The van der Waals surface area contributed by atoms with Crippen molar-refractivity contribution < 1.29 is 0 Å². The van der Waals surface area contributed by atoms with Gasteiger partial charge >= 0.3 is 0 Å². The van der Waals surface area contributed by atoms with E-state index in [0.29, 0.717) is 34.9 Å². The fraction of sp³-hybridized carbons (Fsp3) is 0.0345. The van der Waals surface area contributed by atoms with Crippen LogP contribution in [0, 0.1) is 0 Å². The third-order valence-corrected chi connectivity index (χ3v) is 12.9. The average molecular weight is 817 g/mol. The highest BCUT2D eigenvalue weighted by molar-refractivity contribution is 5.96. The van der Waals surface area contributed by atoms with Gasteiger partial charge in [0.15, 0.2) is 34.9 Å². The van der Waals surface area contributed by atoms with Gasteiger partial charge in [0, 0.05) is 45.2 Å². The van der Waals surface area contributed by atoms with E-state index in [0.717, 1.165) is 54.9 Å². The van der Waals surface area contributed by atoms with Crippen LogP contribution in [0.1, 0.15) is 45.2 Å². The molecule has 0 fully saturated rings. The number of benzene rings is 9. The Morgan fingerprint density at radius 3 is 1.03 bits per heavy atom. The summed E-state index contributed by atoms with van der Waals surface area (Å²) in [7, 11) is 0. The lowest BCUT2D eigenvalue weighted by atomic mass is 9.61. The Morgan fingerprint density at radius 2 is 0.578 bits per heavy atom. The molecular weight excluding hydrogens is 781 g/mol. The molecular formula is C58H36N6. The molecule has 14 rings (SSSR count).